The van der Waals surface area contributed by atoms with Crippen LogP contribution in [0.4, 0.5) is 11.4 Å². The second-order valence-electron chi connectivity index (χ2n) is 8.44. The third-order valence-corrected chi connectivity index (χ3v) is 6.15. The SMILES string of the molecule is Cc1ccccc1N1C[C@H](C(=O)Nc2ccccc2C(=O)NCCN2CCOCC2)CC1=O. The summed E-state index contributed by atoms with van der Waals surface area (Å²) in [6.07, 6.45) is 0.147. The van der Waals surface area contributed by atoms with Gasteiger partial charge < -0.3 is 20.3 Å². The molecule has 0 radical (unpaired) electrons. The summed E-state index contributed by atoms with van der Waals surface area (Å²) >= 11 is 0. The first-order chi connectivity index (χ1) is 16.0. The lowest BCUT2D eigenvalue weighted by atomic mass is 10.1. The molecule has 8 heteroatoms. The van der Waals surface area contributed by atoms with Crippen molar-refractivity contribution in [3.05, 3.63) is 59.7 Å². The Balaban J connectivity index is 1.36. The Morgan fingerprint density at radius 1 is 1.06 bits per heavy atom. The van der Waals surface area contributed by atoms with Crippen LogP contribution in [0.1, 0.15) is 22.3 Å². The average Bonchev–Trinajstić information content (AvgIpc) is 3.22. The molecule has 2 aliphatic heterocycles. The van der Waals surface area contributed by atoms with Gasteiger partial charge in [0.25, 0.3) is 5.91 Å². The highest BCUT2D eigenvalue weighted by atomic mass is 16.5. The van der Waals surface area contributed by atoms with Crippen LogP contribution < -0.4 is 15.5 Å². The van der Waals surface area contributed by atoms with Gasteiger partial charge >= 0.3 is 0 Å². The fourth-order valence-electron chi connectivity index (χ4n) is 4.25. The molecule has 8 nitrogen and oxygen atoms in total. The molecule has 4 rings (SSSR count). The van der Waals surface area contributed by atoms with Gasteiger partial charge in [0.2, 0.25) is 11.8 Å². The summed E-state index contributed by atoms with van der Waals surface area (Å²) in [5.41, 5.74) is 2.69. The van der Waals surface area contributed by atoms with Crippen LogP contribution in [0.2, 0.25) is 0 Å². The average molecular weight is 451 g/mol. The van der Waals surface area contributed by atoms with Gasteiger partial charge in [-0.15, -0.1) is 0 Å². The molecule has 0 aliphatic carbocycles. The van der Waals surface area contributed by atoms with Gasteiger partial charge in [-0.1, -0.05) is 30.3 Å². The quantitative estimate of drug-likeness (QED) is 0.674. The number of nitrogens with zero attached hydrogens (tertiary/aromatic N) is 2. The van der Waals surface area contributed by atoms with E-state index >= 15 is 0 Å². The summed E-state index contributed by atoms with van der Waals surface area (Å²) in [7, 11) is 0. The Morgan fingerprint density at radius 3 is 2.58 bits per heavy atom. The minimum absolute atomic E-state index is 0.0707. The van der Waals surface area contributed by atoms with Gasteiger partial charge in [0.1, 0.15) is 0 Å². The molecule has 0 aromatic heterocycles. The molecule has 0 spiro atoms. The van der Waals surface area contributed by atoms with E-state index in [2.05, 4.69) is 15.5 Å². The molecule has 2 N–H and O–H groups in total. The highest BCUT2D eigenvalue weighted by molar-refractivity contribution is 6.07. The zero-order chi connectivity index (χ0) is 23.2. The van der Waals surface area contributed by atoms with E-state index in [-0.39, 0.29) is 24.1 Å². The number of hydrogen-bond donors (Lipinski definition) is 2. The molecule has 0 saturated carbocycles. The number of anilines is 2. The molecule has 2 aromatic carbocycles. The maximum atomic E-state index is 13.0. The Bertz CT molecular complexity index is 1020. The summed E-state index contributed by atoms with van der Waals surface area (Å²) in [4.78, 5) is 42.2. The molecule has 2 aliphatic rings. The van der Waals surface area contributed by atoms with Crippen LogP contribution >= 0.6 is 0 Å². The van der Waals surface area contributed by atoms with Crippen LogP contribution in [0.5, 0.6) is 0 Å². The number of benzene rings is 2. The van der Waals surface area contributed by atoms with Gasteiger partial charge in [-0.2, -0.15) is 0 Å². The first kappa shape index (κ1) is 22.9. The van der Waals surface area contributed by atoms with Crippen molar-refractivity contribution in [2.45, 2.75) is 13.3 Å². The minimum atomic E-state index is -0.477. The molecule has 174 valence electrons. The molecule has 2 fully saturated rings. The standard InChI is InChI=1S/C25H30N4O4/c1-18-6-2-5-9-22(18)29-17-19(16-23(29)30)24(31)27-21-8-4-3-7-20(21)25(32)26-10-11-28-12-14-33-15-13-28/h2-9,19H,10-17H2,1H3,(H,26,32)(H,27,31)/t19-/m1/s1. The fraction of sp³-hybridized carbons (Fsp3) is 0.400. The molecule has 2 heterocycles. The predicted octanol–water partition coefficient (Wildman–Crippen LogP) is 2.05. The number of morpholine rings is 1. The van der Waals surface area contributed by atoms with Crippen LogP contribution in [0.3, 0.4) is 0 Å². The Labute approximate surface area is 193 Å². The summed E-state index contributed by atoms with van der Waals surface area (Å²) in [6, 6.07) is 14.6. The number of amides is 3. The molecule has 33 heavy (non-hydrogen) atoms. The van der Waals surface area contributed by atoms with Gasteiger partial charge in [0, 0.05) is 44.8 Å². The maximum absolute atomic E-state index is 13.0. The molecule has 1 atom stereocenters. The van der Waals surface area contributed by atoms with Crippen LogP contribution in [0.15, 0.2) is 48.5 Å². The number of hydrogen-bond acceptors (Lipinski definition) is 5. The van der Waals surface area contributed by atoms with Gasteiger partial charge in [0.05, 0.1) is 30.4 Å². The molecular formula is C25H30N4O4. The molecule has 2 aromatic rings. The molecule has 0 unspecified atom stereocenters. The van der Waals surface area contributed by atoms with Gasteiger partial charge in [0.15, 0.2) is 0 Å². The van der Waals surface area contributed by atoms with E-state index < -0.39 is 5.92 Å². The lowest BCUT2D eigenvalue weighted by molar-refractivity contribution is -0.122. The first-order valence-corrected chi connectivity index (χ1v) is 11.4. The van der Waals surface area contributed by atoms with Gasteiger partial charge in [-0.05, 0) is 30.7 Å². The number of para-hydroxylation sites is 2. The van der Waals surface area contributed by atoms with E-state index in [9.17, 15) is 14.4 Å². The Kier molecular flexibility index (Phi) is 7.36. The van der Waals surface area contributed by atoms with Crippen LogP contribution in [-0.2, 0) is 14.3 Å². The second-order valence-corrected chi connectivity index (χ2v) is 8.44. The van der Waals surface area contributed by atoms with Crippen molar-refractivity contribution in [2.75, 3.05) is 56.2 Å². The highest BCUT2D eigenvalue weighted by Crippen LogP contribution is 2.28. The molecular weight excluding hydrogens is 420 g/mol. The third-order valence-electron chi connectivity index (χ3n) is 6.15. The van der Waals surface area contributed by atoms with Crippen LogP contribution in [-0.4, -0.2) is 68.6 Å². The van der Waals surface area contributed by atoms with Crippen molar-refractivity contribution in [1.29, 1.82) is 0 Å². The largest absolute Gasteiger partial charge is 0.379 e. The predicted molar refractivity (Wildman–Crippen MR) is 126 cm³/mol. The summed E-state index contributed by atoms with van der Waals surface area (Å²) in [5, 5.41) is 5.81. The van der Waals surface area contributed by atoms with E-state index in [1.54, 1.807) is 29.2 Å². The van der Waals surface area contributed by atoms with Crippen LogP contribution in [0.25, 0.3) is 0 Å². The summed E-state index contributed by atoms with van der Waals surface area (Å²) in [5.74, 6) is -1.04. The van der Waals surface area contributed by atoms with E-state index in [1.807, 2.05) is 31.2 Å². The highest BCUT2D eigenvalue weighted by Gasteiger charge is 2.36. The molecule has 3 amide bonds. The van der Waals surface area contributed by atoms with E-state index in [0.717, 1.165) is 30.9 Å². The Hall–Kier alpha value is -3.23. The van der Waals surface area contributed by atoms with Crippen molar-refractivity contribution >= 4 is 29.1 Å². The summed E-state index contributed by atoms with van der Waals surface area (Å²) < 4.78 is 5.34. The van der Waals surface area contributed by atoms with E-state index in [1.165, 1.54) is 0 Å². The van der Waals surface area contributed by atoms with Crippen molar-refractivity contribution in [3.8, 4) is 0 Å². The third kappa shape index (κ3) is 5.58. The first-order valence-electron chi connectivity index (χ1n) is 11.4. The van der Waals surface area contributed by atoms with Crippen LogP contribution in [0, 0.1) is 12.8 Å². The Morgan fingerprint density at radius 2 is 1.79 bits per heavy atom. The van der Waals surface area contributed by atoms with Crippen molar-refractivity contribution in [3.63, 3.8) is 0 Å². The number of aryl methyl sites for hydroxylation is 1. The smallest absolute Gasteiger partial charge is 0.253 e. The zero-order valence-electron chi connectivity index (χ0n) is 18.9. The molecule has 2 saturated heterocycles. The number of nitrogens with one attached hydrogen (secondary N) is 2. The number of ether oxygens (including phenoxy) is 1. The minimum Gasteiger partial charge on any atom is -0.379 e. The number of carbonyl (C=O) groups excluding carboxylic acids is 3. The van der Waals surface area contributed by atoms with Crippen molar-refractivity contribution in [1.82, 2.24) is 10.2 Å². The van der Waals surface area contributed by atoms with E-state index in [4.69, 9.17) is 4.74 Å². The van der Waals surface area contributed by atoms with Gasteiger partial charge in [-0.25, -0.2) is 0 Å². The lowest BCUT2D eigenvalue weighted by Gasteiger charge is -2.26. The number of rotatable bonds is 7. The van der Waals surface area contributed by atoms with Crippen molar-refractivity contribution < 1.29 is 19.1 Å². The van der Waals surface area contributed by atoms with E-state index in [0.29, 0.717) is 37.6 Å². The maximum Gasteiger partial charge on any atom is 0.253 e. The second kappa shape index (κ2) is 10.6. The molecule has 0 bridgehead atoms. The topological polar surface area (TPSA) is 91.0 Å². The normalized spacial score (nSPS) is 18.9. The number of carbonyl (C=O) groups is 3. The zero-order valence-corrected chi connectivity index (χ0v) is 18.9. The monoisotopic (exact) mass is 450 g/mol. The lowest BCUT2D eigenvalue weighted by Crippen LogP contribution is -2.41. The van der Waals surface area contributed by atoms with Gasteiger partial charge in [-0.3, -0.25) is 19.3 Å². The van der Waals surface area contributed by atoms with Crippen molar-refractivity contribution in [2.24, 2.45) is 5.92 Å². The summed E-state index contributed by atoms with van der Waals surface area (Å²) in [6.45, 7) is 6.70. The fourth-order valence-corrected chi connectivity index (χ4v) is 4.25.